The van der Waals surface area contributed by atoms with E-state index in [1.807, 2.05) is 0 Å². The minimum Gasteiger partial charge on any atom is -2.00 e. The number of rotatable bonds is 0. The van der Waals surface area contributed by atoms with Gasteiger partial charge < -0.3 is 16.4 Å². The Kier molecular flexibility index (Phi) is 390. The van der Waals surface area contributed by atoms with E-state index in [-0.39, 0.29) is 120 Å². The van der Waals surface area contributed by atoms with Crippen LogP contribution in [0, 0.1) is 37.7 Å². The molecule has 0 atom stereocenters. The minimum absolute atomic E-state index is 0. The summed E-state index contributed by atoms with van der Waals surface area (Å²) in [5.41, 5.74) is 0. The van der Waals surface area contributed by atoms with Gasteiger partial charge in [0, 0.05) is 37.7 Å². The van der Waals surface area contributed by atoms with Crippen molar-refractivity contribution in [1.29, 1.82) is 0 Å². The second-order valence-corrected chi connectivity index (χ2v) is 0. The van der Waals surface area contributed by atoms with Gasteiger partial charge >= 0.3 is 65.4 Å². The van der Waals surface area contributed by atoms with E-state index >= 15 is 0 Å². The van der Waals surface area contributed by atoms with Crippen molar-refractivity contribution in [2.24, 2.45) is 0 Å². The van der Waals surface area contributed by atoms with Crippen LogP contribution in [0.4, 0.5) is 0 Å². The number of hydrogen-bond acceptors (Lipinski definition) is 0. The maximum atomic E-state index is 0. The Hall–Kier alpha value is 3.35. The zero-order valence-corrected chi connectivity index (χ0v) is 9.12. The SMILES string of the molecule is [Ar].[O-2].[O-2].[O-2].[Y+3].[Y+3]. The number of hydrogen-bond donors (Lipinski definition) is 0. The van der Waals surface area contributed by atoms with Crippen LogP contribution in [0.5, 0.6) is 0 Å². The van der Waals surface area contributed by atoms with Crippen molar-refractivity contribution in [2.45, 2.75) is 0 Å². The molecule has 6 heavy (non-hydrogen) atoms. The third-order valence-corrected chi connectivity index (χ3v) is 0. The van der Waals surface area contributed by atoms with Crippen molar-refractivity contribution in [3.63, 3.8) is 0 Å². The van der Waals surface area contributed by atoms with Gasteiger partial charge in [-0.2, -0.15) is 0 Å². The van der Waals surface area contributed by atoms with Crippen LogP contribution >= 0.6 is 0 Å². The Labute approximate surface area is 117 Å². The Morgan fingerprint density at radius 2 is 0.500 bits per heavy atom. The largest absolute Gasteiger partial charge is 3.00 e. The van der Waals surface area contributed by atoms with Crippen LogP contribution < -0.4 is 0 Å². The summed E-state index contributed by atoms with van der Waals surface area (Å²) < 4.78 is 0. The average Bonchev–Trinajstić information content (AvgIpc) is 0. The normalized spacial score (nSPS) is 0. The molecule has 0 heterocycles. The zero-order chi connectivity index (χ0) is 0. The molecule has 0 bridgehead atoms. The topological polar surface area (TPSA) is 85.5 Å². The summed E-state index contributed by atoms with van der Waals surface area (Å²) in [4.78, 5) is 0. The fraction of sp³-hybridized carbons (Fsp3) is 0. The van der Waals surface area contributed by atoms with E-state index in [0.29, 0.717) is 0 Å². The van der Waals surface area contributed by atoms with E-state index in [1.54, 1.807) is 0 Å². The molecule has 0 saturated carbocycles. The summed E-state index contributed by atoms with van der Waals surface area (Å²) in [5.74, 6) is 0. The average molecular weight is 266 g/mol. The van der Waals surface area contributed by atoms with Gasteiger partial charge in [-0.3, -0.25) is 0 Å². The maximum Gasteiger partial charge on any atom is 3.00 e. The van der Waals surface area contributed by atoms with E-state index in [0.717, 1.165) is 0 Å². The molecule has 0 aliphatic rings. The van der Waals surface area contributed by atoms with Crippen molar-refractivity contribution in [3.05, 3.63) is 0 Å². The molecular formula is ArO3Y2. The first kappa shape index (κ1) is 58.1. The fourth-order valence-electron chi connectivity index (χ4n) is 0. The molecule has 0 aliphatic carbocycles. The third-order valence-electron chi connectivity index (χ3n) is 0. The first-order chi connectivity index (χ1) is 0. The quantitative estimate of drug-likeness (QED) is 0.573. The monoisotopic (exact) mass is 266 g/mol. The van der Waals surface area contributed by atoms with Crippen LogP contribution in [0.3, 0.4) is 0 Å². The van der Waals surface area contributed by atoms with E-state index in [1.165, 1.54) is 0 Å². The molecule has 6 heteroatoms. The van der Waals surface area contributed by atoms with Crippen LogP contribution in [0.15, 0.2) is 0 Å². The van der Waals surface area contributed by atoms with Crippen molar-refractivity contribution >= 4 is 0 Å². The molecule has 0 aliphatic heterocycles. The summed E-state index contributed by atoms with van der Waals surface area (Å²) in [6.07, 6.45) is 0. The van der Waals surface area contributed by atoms with Gasteiger partial charge in [0.15, 0.2) is 0 Å². The van der Waals surface area contributed by atoms with Gasteiger partial charge in [0.2, 0.25) is 0 Å². The van der Waals surface area contributed by atoms with Gasteiger partial charge in [-0.25, -0.2) is 0 Å². The Morgan fingerprint density at radius 3 is 0.500 bits per heavy atom. The van der Waals surface area contributed by atoms with Crippen molar-refractivity contribution in [3.8, 4) is 0 Å². The smallest absolute Gasteiger partial charge is 2.00 e. The summed E-state index contributed by atoms with van der Waals surface area (Å²) >= 11 is 0. The van der Waals surface area contributed by atoms with Gasteiger partial charge in [-0.05, 0) is 0 Å². The minimum atomic E-state index is 0. The molecule has 0 aromatic carbocycles. The van der Waals surface area contributed by atoms with Crippen LogP contribution in [-0.2, 0) is 81.8 Å². The molecule has 0 rings (SSSR count). The van der Waals surface area contributed by atoms with E-state index in [9.17, 15) is 0 Å². The molecule has 0 spiro atoms. The van der Waals surface area contributed by atoms with Crippen molar-refractivity contribution in [1.82, 2.24) is 0 Å². The van der Waals surface area contributed by atoms with Crippen LogP contribution in [0.2, 0.25) is 0 Å². The summed E-state index contributed by atoms with van der Waals surface area (Å²) in [6, 6.07) is 0. The maximum absolute atomic E-state index is 0. The molecule has 0 amide bonds. The van der Waals surface area contributed by atoms with Crippen LogP contribution in [-0.4, -0.2) is 0 Å². The zero-order valence-electron chi connectivity index (χ0n) is 2.73. The van der Waals surface area contributed by atoms with Crippen LogP contribution in [0.25, 0.3) is 0 Å². The Bertz CT molecular complexity index is 8.75. The predicted octanol–water partition coefficient (Wildman–Crippen LogP) is -0.361. The fourth-order valence-corrected chi connectivity index (χ4v) is 0. The van der Waals surface area contributed by atoms with E-state index in [4.69, 9.17) is 0 Å². The van der Waals surface area contributed by atoms with Gasteiger partial charge in [-0.15, -0.1) is 0 Å². The standard InChI is InChI=1S/Ar.3O.2Y/q;3*-2;2*+3. The molecule has 0 radical (unpaired) electrons. The molecular weight excluding hydrogens is 266 g/mol. The summed E-state index contributed by atoms with van der Waals surface area (Å²) in [6.45, 7) is 0. The molecule has 0 saturated heterocycles. The molecule has 0 aromatic rings. The van der Waals surface area contributed by atoms with Gasteiger partial charge in [0.1, 0.15) is 0 Å². The Balaban J connectivity index is 0. The molecule has 0 fully saturated rings. The van der Waals surface area contributed by atoms with Gasteiger partial charge in [-0.1, -0.05) is 0 Å². The van der Waals surface area contributed by atoms with Crippen molar-refractivity contribution < 1.29 is 120 Å². The third kappa shape index (κ3) is 26.4. The molecule has 0 unspecified atom stereocenters. The molecule has 3 nitrogen and oxygen atoms in total. The summed E-state index contributed by atoms with van der Waals surface area (Å²) in [5, 5.41) is 0. The van der Waals surface area contributed by atoms with E-state index in [2.05, 4.69) is 0 Å². The van der Waals surface area contributed by atoms with Crippen LogP contribution in [0.1, 0.15) is 0 Å². The molecule has 0 N–H and O–H groups in total. The Morgan fingerprint density at radius 1 is 0.500 bits per heavy atom. The second kappa shape index (κ2) is 40.2. The molecule has 32 valence electrons. The van der Waals surface area contributed by atoms with Gasteiger partial charge in [0.25, 0.3) is 0 Å². The predicted molar refractivity (Wildman–Crippen MR) is 2.06 cm³/mol. The first-order valence-corrected chi connectivity index (χ1v) is 0. The van der Waals surface area contributed by atoms with Crippen molar-refractivity contribution in [2.75, 3.05) is 0 Å². The molecule has 0 aromatic heterocycles. The van der Waals surface area contributed by atoms with E-state index < -0.39 is 0 Å². The second-order valence-electron chi connectivity index (χ2n) is 0. The summed E-state index contributed by atoms with van der Waals surface area (Å²) in [7, 11) is 0. The van der Waals surface area contributed by atoms with Gasteiger partial charge in [0.05, 0.1) is 0 Å². The first-order valence-electron chi connectivity index (χ1n) is 0.